The van der Waals surface area contributed by atoms with E-state index in [0.29, 0.717) is 0 Å². The fourth-order valence-electron chi connectivity index (χ4n) is 4.09. The summed E-state index contributed by atoms with van der Waals surface area (Å²) in [7, 11) is 0. The minimum Gasteiger partial charge on any atom is -0.285 e. The van der Waals surface area contributed by atoms with Gasteiger partial charge in [0, 0.05) is 23.2 Å². The van der Waals surface area contributed by atoms with Crippen LogP contribution in [-0.2, 0) is 0 Å². The molecule has 5 rings (SSSR count). The van der Waals surface area contributed by atoms with Crippen LogP contribution < -0.4 is 0 Å². The van der Waals surface area contributed by atoms with Gasteiger partial charge in [-0.3, -0.25) is 9.98 Å². The van der Waals surface area contributed by atoms with E-state index in [1.807, 2.05) is 61.0 Å². The standard InChI is InChI=1S/C26H24N4/c1-3-9-23-19(7-1)13-15-21(29-23)17-27-25-11-5-6-12-26(25)28-18-22-16-14-20-8-2-4-10-24(20)30-22/h1-4,7-10,13-18,25-26H,5-6,11-12H2/t25-,26-/m1/s1. The van der Waals surface area contributed by atoms with Gasteiger partial charge >= 0.3 is 0 Å². The van der Waals surface area contributed by atoms with E-state index in [4.69, 9.17) is 20.0 Å². The molecule has 0 radical (unpaired) electrons. The lowest BCUT2D eigenvalue weighted by atomic mass is 9.91. The molecule has 0 amide bonds. The first-order chi connectivity index (χ1) is 14.8. The molecule has 2 aromatic carbocycles. The van der Waals surface area contributed by atoms with Gasteiger partial charge in [-0.05, 0) is 37.1 Å². The largest absolute Gasteiger partial charge is 0.285 e. The molecule has 0 bridgehead atoms. The van der Waals surface area contributed by atoms with Gasteiger partial charge in [0.15, 0.2) is 0 Å². The molecule has 1 saturated carbocycles. The first-order valence-corrected chi connectivity index (χ1v) is 10.6. The average Bonchev–Trinajstić information content (AvgIpc) is 2.81. The first kappa shape index (κ1) is 18.6. The molecule has 4 aromatic rings. The minimum absolute atomic E-state index is 0.198. The third-order valence-electron chi connectivity index (χ3n) is 5.73. The van der Waals surface area contributed by atoms with Crippen LogP contribution in [0.25, 0.3) is 21.8 Å². The molecule has 0 spiro atoms. The van der Waals surface area contributed by atoms with Crippen molar-refractivity contribution in [1.82, 2.24) is 9.97 Å². The molecule has 1 aliphatic carbocycles. The van der Waals surface area contributed by atoms with Gasteiger partial charge in [-0.15, -0.1) is 0 Å². The minimum atomic E-state index is 0.198. The highest BCUT2D eigenvalue weighted by atomic mass is 14.9. The van der Waals surface area contributed by atoms with Crippen LogP contribution in [0.5, 0.6) is 0 Å². The van der Waals surface area contributed by atoms with Gasteiger partial charge in [-0.2, -0.15) is 0 Å². The number of pyridine rings is 2. The molecule has 2 heterocycles. The summed E-state index contributed by atoms with van der Waals surface area (Å²) >= 11 is 0. The predicted octanol–water partition coefficient (Wildman–Crippen LogP) is 5.63. The Hall–Kier alpha value is -3.40. The Balaban J connectivity index is 1.34. The third-order valence-corrected chi connectivity index (χ3v) is 5.73. The molecule has 148 valence electrons. The summed E-state index contributed by atoms with van der Waals surface area (Å²) in [5.41, 5.74) is 3.81. The zero-order valence-corrected chi connectivity index (χ0v) is 16.9. The highest BCUT2D eigenvalue weighted by molar-refractivity contribution is 5.86. The molecule has 2 atom stereocenters. The van der Waals surface area contributed by atoms with E-state index >= 15 is 0 Å². The average molecular weight is 393 g/mol. The maximum atomic E-state index is 4.88. The molecule has 0 aliphatic heterocycles. The second kappa shape index (κ2) is 8.54. The van der Waals surface area contributed by atoms with Crippen molar-refractivity contribution in [3.63, 3.8) is 0 Å². The van der Waals surface area contributed by atoms with Crippen molar-refractivity contribution in [2.24, 2.45) is 9.98 Å². The number of para-hydroxylation sites is 2. The Labute approximate surface area is 176 Å². The maximum Gasteiger partial charge on any atom is 0.0815 e. The van der Waals surface area contributed by atoms with Gasteiger partial charge in [-0.1, -0.05) is 61.4 Å². The van der Waals surface area contributed by atoms with E-state index in [1.54, 1.807) is 0 Å². The Kier molecular flexibility index (Phi) is 5.30. The Morgan fingerprint density at radius 3 is 1.57 bits per heavy atom. The van der Waals surface area contributed by atoms with Gasteiger partial charge in [0.2, 0.25) is 0 Å². The lowest BCUT2D eigenvalue weighted by Crippen LogP contribution is -2.27. The molecule has 30 heavy (non-hydrogen) atoms. The highest BCUT2D eigenvalue weighted by Crippen LogP contribution is 2.24. The smallest absolute Gasteiger partial charge is 0.0815 e. The van der Waals surface area contributed by atoms with Crippen LogP contribution in [0.1, 0.15) is 37.1 Å². The van der Waals surface area contributed by atoms with E-state index in [2.05, 4.69) is 24.3 Å². The van der Waals surface area contributed by atoms with E-state index in [0.717, 1.165) is 46.0 Å². The summed E-state index contributed by atoms with van der Waals surface area (Å²) < 4.78 is 0. The first-order valence-electron chi connectivity index (χ1n) is 10.6. The van der Waals surface area contributed by atoms with Crippen molar-refractivity contribution in [2.45, 2.75) is 37.8 Å². The van der Waals surface area contributed by atoms with Crippen molar-refractivity contribution in [3.05, 3.63) is 84.2 Å². The number of hydrogen-bond donors (Lipinski definition) is 0. The number of benzene rings is 2. The third kappa shape index (κ3) is 4.13. The van der Waals surface area contributed by atoms with E-state index in [1.165, 1.54) is 12.8 Å². The van der Waals surface area contributed by atoms with Crippen LogP contribution >= 0.6 is 0 Å². The van der Waals surface area contributed by atoms with E-state index in [-0.39, 0.29) is 12.1 Å². The van der Waals surface area contributed by atoms with Crippen LogP contribution in [-0.4, -0.2) is 34.5 Å². The summed E-state index contributed by atoms with van der Waals surface area (Å²) in [6.07, 6.45) is 8.37. The summed E-state index contributed by atoms with van der Waals surface area (Å²) in [5, 5.41) is 2.30. The van der Waals surface area contributed by atoms with Gasteiger partial charge in [0.05, 0.1) is 34.5 Å². The van der Waals surface area contributed by atoms with Crippen molar-refractivity contribution >= 4 is 34.2 Å². The highest BCUT2D eigenvalue weighted by Gasteiger charge is 2.23. The molecular formula is C26H24N4. The number of aliphatic imine (C=N–C) groups is 2. The van der Waals surface area contributed by atoms with Crippen LogP contribution in [0.15, 0.2) is 82.8 Å². The van der Waals surface area contributed by atoms with Crippen LogP contribution in [0, 0.1) is 0 Å². The van der Waals surface area contributed by atoms with Crippen LogP contribution in [0.2, 0.25) is 0 Å². The summed E-state index contributed by atoms with van der Waals surface area (Å²) in [6.45, 7) is 0. The lowest BCUT2D eigenvalue weighted by Gasteiger charge is -2.25. The topological polar surface area (TPSA) is 50.5 Å². The van der Waals surface area contributed by atoms with Crippen LogP contribution in [0.3, 0.4) is 0 Å². The number of nitrogens with zero attached hydrogens (tertiary/aromatic N) is 4. The zero-order chi connectivity index (χ0) is 20.2. The molecule has 1 aliphatic rings. The van der Waals surface area contributed by atoms with E-state index < -0.39 is 0 Å². The second-order valence-corrected chi connectivity index (χ2v) is 7.83. The molecule has 1 fully saturated rings. The van der Waals surface area contributed by atoms with Gasteiger partial charge < -0.3 is 0 Å². The molecule has 0 saturated heterocycles. The monoisotopic (exact) mass is 392 g/mol. The van der Waals surface area contributed by atoms with Gasteiger partial charge in [0.25, 0.3) is 0 Å². The fourth-order valence-corrected chi connectivity index (χ4v) is 4.09. The van der Waals surface area contributed by atoms with Crippen molar-refractivity contribution < 1.29 is 0 Å². The van der Waals surface area contributed by atoms with Crippen molar-refractivity contribution in [1.29, 1.82) is 0 Å². The van der Waals surface area contributed by atoms with Crippen molar-refractivity contribution in [2.75, 3.05) is 0 Å². The number of rotatable bonds is 4. The normalized spacial score (nSPS) is 19.9. The number of fused-ring (bicyclic) bond motifs is 2. The van der Waals surface area contributed by atoms with Gasteiger partial charge in [0.1, 0.15) is 0 Å². The second-order valence-electron chi connectivity index (χ2n) is 7.83. The van der Waals surface area contributed by atoms with Gasteiger partial charge in [-0.25, -0.2) is 9.97 Å². The van der Waals surface area contributed by atoms with Crippen molar-refractivity contribution in [3.8, 4) is 0 Å². The molecule has 4 nitrogen and oxygen atoms in total. The predicted molar refractivity (Wildman–Crippen MR) is 125 cm³/mol. The number of aromatic nitrogens is 2. The fraction of sp³-hybridized carbons (Fsp3) is 0.231. The summed E-state index contributed by atoms with van der Waals surface area (Å²) in [4.78, 5) is 19.2. The number of hydrogen-bond acceptors (Lipinski definition) is 4. The van der Waals surface area contributed by atoms with E-state index in [9.17, 15) is 0 Å². The molecule has 0 unspecified atom stereocenters. The Bertz CT molecular complexity index is 1130. The zero-order valence-electron chi connectivity index (χ0n) is 16.9. The Morgan fingerprint density at radius 2 is 1.07 bits per heavy atom. The Morgan fingerprint density at radius 1 is 0.600 bits per heavy atom. The lowest BCUT2D eigenvalue weighted by molar-refractivity contribution is 0.390. The molecule has 0 N–H and O–H groups in total. The summed E-state index contributed by atoms with van der Waals surface area (Å²) in [5.74, 6) is 0. The van der Waals surface area contributed by atoms with Crippen LogP contribution in [0.4, 0.5) is 0 Å². The summed E-state index contributed by atoms with van der Waals surface area (Å²) in [6, 6.07) is 25.0. The molecular weight excluding hydrogens is 368 g/mol. The molecule has 4 heteroatoms. The SMILES string of the molecule is C(=N[C@@H]1CCCC[C@H]1N=Cc1ccc2ccccc2n1)c1ccc2ccccc2n1. The quantitative estimate of drug-likeness (QED) is 0.423. The molecule has 2 aromatic heterocycles. The maximum absolute atomic E-state index is 4.88.